The molecule has 0 saturated carbocycles. The van der Waals surface area contributed by atoms with Crippen LogP contribution in [0.1, 0.15) is 36.1 Å². The van der Waals surface area contributed by atoms with E-state index in [0.717, 1.165) is 0 Å². The van der Waals surface area contributed by atoms with Crippen LogP contribution < -0.4 is 5.32 Å². The van der Waals surface area contributed by atoms with E-state index in [0.29, 0.717) is 48.5 Å². The first-order valence-corrected chi connectivity index (χ1v) is 12.1. The van der Waals surface area contributed by atoms with Crippen LogP contribution in [0.15, 0.2) is 47.4 Å². The number of benzene rings is 2. The van der Waals surface area contributed by atoms with Crippen LogP contribution in [0.2, 0.25) is 0 Å². The van der Waals surface area contributed by atoms with Gasteiger partial charge in [0, 0.05) is 41.8 Å². The summed E-state index contributed by atoms with van der Waals surface area (Å²) in [5.74, 6) is 0.229. The molecule has 156 valence electrons. The summed E-state index contributed by atoms with van der Waals surface area (Å²) in [6.45, 7) is 4.20. The van der Waals surface area contributed by atoms with Gasteiger partial charge >= 0.3 is 0 Å². The molecule has 1 N–H and O–H groups in total. The van der Waals surface area contributed by atoms with Gasteiger partial charge in [0.25, 0.3) is 0 Å². The standard InChI is InChI=1S/C21H25FN2O3S2/c1-3-21(25)23-16-8-9-20(15(2)14-16)29(26,27)24-11-10-19(28-13-12-24)17-6-4-5-7-18(17)22/h4-9,14,19H,3,10-13H2,1-2H3,(H,23,25)/t19-/m0/s1. The summed E-state index contributed by atoms with van der Waals surface area (Å²) in [6, 6.07) is 11.5. The zero-order valence-corrected chi connectivity index (χ0v) is 18.2. The van der Waals surface area contributed by atoms with Crippen LogP contribution in [-0.4, -0.2) is 37.5 Å². The second-order valence-corrected chi connectivity index (χ2v) is 10.2. The summed E-state index contributed by atoms with van der Waals surface area (Å²) >= 11 is 1.59. The number of anilines is 1. The molecule has 0 aliphatic carbocycles. The van der Waals surface area contributed by atoms with Gasteiger partial charge in [-0.3, -0.25) is 4.79 Å². The Morgan fingerprint density at radius 2 is 2.00 bits per heavy atom. The molecule has 1 fully saturated rings. The van der Waals surface area contributed by atoms with Crippen molar-refractivity contribution in [3.8, 4) is 0 Å². The van der Waals surface area contributed by atoms with Crippen molar-refractivity contribution in [1.29, 1.82) is 0 Å². The Morgan fingerprint density at radius 3 is 2.69 bits per heavy atom. The minimum absolute atomic E-state index is 0.0656. The predicted molar refractivity (Wildman–Crippen MR) is 115 cm³/mol. The molecule has 8 heteroatoms. The van der Waals surface area contributed by atoms with Crippen molar-refractivity contribution in [3.05, 3.63) is 59.4 Å². The summed E-state index contributed by atoms with van der Waals surface area (Å²) in [6.07, 6.45) is 0.905. The lowest BCUT2D eigenvalue weighted by molar-refractivity contribution is -0.115. The lowest BCUT2D eigenvalue weighted by atomic mass is 10.1. The molecule has 2 aromatic carbocycles. The molecule has 2 aromatic rings. The molecular formula is C21H25FN2O3S2. The van der Waals surface area contributed by atoms with Crippen LogP contribution in [-0.2, 0) is 14.8 Å². The summed E-state index contributed by atoms with van der Waals surface area (Å²) in [4.78, 5) is 11.8. The van der Waals surface area contributed by atoms with Crippen molar-refractivity contribution in [1.82, 2.24) is 4.31 Å². The van der Waals surface area contributed by atoms with Crippen LogP contribution in [0.5, 0.6) is 0 Å². The molecule has 0 unspecified atom stereocenters. The highest BCUT2D eigenvalue weighted by molar-refractivity contribution is 7.99. The summed E-state index contributed by atoms with van der Waals surface area (Å²) in [7, 11) is -3.67. The molecule has 1 aliphatic heterocycles. The fourth-order valence-corrected chi connectivity index (χ4v) is 6.41. The third kappa shape index (κ3) is 4.99. The predicted octanol–water partition coefficient (Wildman–Crippen LogP) is 4.35. The number of sulfonamides is 1. The minimum atomic E-state index is -3.67. The maximum atomic E-state index is 14.1. The van der Waals surface area contributed by atoms with Gasteiger partial charge < -0.3 is 5.32 Å². The van der Waals surface area contributed by atoms with Crippen LogP contribution in [0, 0.1) is 12.7 Å². The van der Waals surface area contributed by atoms with E-state index < -0.39 is 10.0 Å². The van der Waals surface area contributed by atoms with Crippen LogP contribution in [0.3, 0.4) is 0 Å². The van der Waals surface area contributed by atoms with Gasteiger partial charge in [-0.2, -0.15) is 16.1 Å². The average Bonchev–Trinajstić information content (AvgIpc) is 2.95. The Morgan fingerprint density at radius 1 is 1.24 bits per heavy atom. The number of hydrogen-bond donors (Lipinski definition) is 1. The average molecular weight is 437 g/mol. The molecule has 3 rings (SSSR count). The first kappa shape index (κ1) is 21.8. The topological polar surface area (TPSA) is 66.5 Å². The minimum Gasteiger partial charge on any atom is -0.326 e. The van der Waals surface area contributed by atoms with Crippen LogP contribution in [0.25, 0.3) is 0 Å². The Balaban J connectivity index is 1.78. The number of halogens is 1. The number of carbonyl (C=O) groups is 1. The van der Waals surface area contributed by atoms with Gasteiger partial charge in [-0.15, -0.1) is 0 Å². The highest BCUT2D eigenvalue weighted by atomic mass is 32.2. The van der Waals surface area contributed by atoms with E-state index in [1.54, 1.807) is 62.0 Å². The lowest BCUT2D eigenvalue weighted by Gasteiger charge is -2.21. The number of carbonyl (C=O) groups excluding carboxylic acids is 1. The zero-order chi connectivity index (χ0) is 21.0. The summed E-state index contributed by atoms with van der Waals surface area (Å²) in [5.41, 5.74) is 1.80. The monoisotopic (exact) mass is 436 g/mol. The smallest absolute Gasteiger partial charge is 0.243 e. The molecule has 0 radical (unpaired) electrons. The highest BCUT2D eigenvalue weighted by Crippen LogP contribution is 2.37. The van der Waals surface area contributed by atoms with Crippen molar-refractivity contribution < 1.29 is 17.6 Å². The Kier molecular flexibility index (Phi) is 6.97. The Bertz CT molecular complexity index is 995. The molecular weight excluding hydrogens is 411 g/mol. The summed E-state index contributed by atoms with van der Waals surface area (Å²) < 4.78 is 42.0. The van der Waals surface area contributed by atoms with Gasteiger partial charge in [0.15, 0.2) is 0 Å². The van der Waals surface area contributed by atoms with Crippen molar-refractivity contribution >= 4 is 33.4 Å². The first-order valence-electron chi connectivity index (χ1n) is 9.59. The molecule has 0 bridgehead atoms. The van der Waals surface area contributed by atoms with Gasteiger partial charge in [-0.25, -0.2) is 12.8 Å². The van der Waals surface area contributed by atoms with E-state index in [1.807, 2.05) is 0 Å². The van der Waals surface area contributed by atoms with E-state index in [4.69, 9.17) is 0 Å². The number of nitrogens with zero attached hydrogens (tertiary/aromatic N) is 1. The number of thioether (sulfide) groups is 1. The van der Waals surface area contributed by atoms with E-state index in [1.165, 1.54) is 10.4 Å². The van der Waals surface area contributed by atoms with E-state index in [2.05, 4.69) is 5.32 Å². The fraction of sp³-hybridized carbons (Fsp3) is 0.381. The second-order valence-electron chi connectivity index (χ2n) is 6.96. The number of aryl methyl sites for hydroxylation is 1. The molecule has 0 aromatic heterocycles. The normalized spacial score (nSPS) is 18.2. The van der Waals surface area contributed by atoms with E-state index in [-0.39, 0.29) is 21.9 Å². The number of amides is 1. The fourth-order valence-electron chi connectivity index (χ4n) is 3.38. The van der Waals surface area contributed by atoms with Crippen LogP contribution in [0.4, 0.5) is 10.1 Å². The van der Waals surface area contributed by atoms with E-state index >= 15 is 0 Å². The Labute approximate surface area is 175 Å². The largest absolute Gasteiger partial charge is 0.326 e. The zero-order valence-electron chi connectivity index (χ0n) is 16.5. The van der Waals surface area contributed by atoms with Gasteiger partial charge in [0.05, 0.1) is 4.90 Å². The molecule has 0 spiro atoms. The molecule has 1 saturated heterocycles. The molecule has 1 amide bonds. The highest BCUT2D eigenvalue weighted by Gasteiger charge is 2.30. The maximum Gasteiger partial charge on any atom is 0.243 e. The first-order chi connectivity index (χ1) is 13.8. The SMILES string of the molecule is CCC(=O)Nc1ccc(S(=O)(=O)N2CCS[C@H](c3ccccc3F)CC2)c(C)c1. The van der Waals surface area contributed by atoms with Gasteiger partial charge in [-0.05, 0) is 43.2 Å². The van der Waals surface area contributed by atoms with Crippen molar-refractivity contribution in [2.24, 2.45) is 0 Å². The lowest BCUT2D eigenvalue weighted by Crippen LogP contribution is -2.33. The number of nitrogens with one attached hydrogen (secondary N) is 1. The molecule has 5 nitrogen and oxygen atoms in total. The van der Waals surface area contributed by atoms with Gasteiger partial charge in [-0.1, -0.05) is 25.1 Å². The van der Waals surface area contributed by atoms with Crippen molar-refractivity contribution in [2.45, 2.75) is 36.8 Å². The molecule has 1 aliphatic rings. The van der Waals surface area contributed by atoms with Crippen LogP contribution >= 0.6 is 11.8 Å². The summed E-state index contributed by atoms with van der Waals surface area (Å²) in [5, 5.41) is 2.68. The van der Waals surface area contributed by atoms with Crippen molar-refractivity contribution in [2.75, 3.05) is 24.2 Å². The molecule has 1 atom stereocenters. The third-order valence-corrected chi connectivity index (χ3v) is 8.32. The van der Waals surface area contributed by atoms with Gasteiger partial charge in [0.1, 0.15) is 5.82 Å². The number of hydrogen-bond acceptors (Lipinski definition) is 4. The Hall–Kier alpha value is -1.90. The van der Waals surface area contributed by atoms with Gasteiger partial charge in [0.2, 0.25) is 15.9 Å². The molecule has 29 heavy (non-hydrogen) atoms. The maximum absolute atomic E-state index is 14.1. The number of rotatable bonds is 5. The third-order valence-electron chi connectivity index (χ3n) is 4.95. The quantitative estimate of drug-likeness (QED) is 0.757. The van der Waals surface area contributed by atoms with E-state index in [9.17, 15) is 17.6 Å². The second kappa shape index (κ2) is 9.28. The van der Waals surface area contributed by atoms with Crippen molar-refractivity contribution in [3.63, 3.8) is 0 Å². The molecule has 1 heterocycles.